The number of aromatic nitrogens is 2. The minimum Gasteiger partial charge on any atom is -0.408 e. The number of nitrogens with one attached hydrogen (secondary N) is 1. The molecular weight excluding hydrogens is 296 g/mol. The van der Waals surface area contributed by atoms with Gasteiger partial charge in [0, 0.05) is 17.4 Å². The van der Waals surface area contributed by atoms with Crippen LogP contribution in [0.2, 0.25) is 0 Å². The minimum absolute atomic E-state index is 0.381. The first kappa shape index (κ1) is 13.0. The van der Waals surface area contributed by atoms with Crippen molar-refractivity contribution in [1.29, 1.82) is 0 Å². The lowest BCUT2D eigenvalue weighted by Gasteiger charge is -2.09. The van der Waals surface area contributed by atoms with E-state index in [-0.39, 0.29) is 0 Å². The number of hydrogen-bond acceptors (Lipinski definition) is 5. The average molecular weight is 311 g/mol. The maximum Gasteiger partial charge on any atom is 0.320 e. The first-order chi connectivity index (χ1) is 8.60. The van der Waals surface area contributed by atoms with Gasteiger partial charge in [0.05, 0.1) is 5.69 Å². The molecule has 1 heterocycles. The monoisotopic (exact) mass is 310 g/mol. The van der Waals surface area contributed by atoms with Gasteiger partial charge in [0.25, 0.3) is 0 Å². The van der Waals surface area contributed by atoms with Crippen LogP contribution in [0, 0.1) is 13.8 Å². The number of rotatable bonds is 4. The Morgan fingerprint density at radius 3 is 2.78 bits per heavy atom. The molecule has 1 aromatic carbocycles. The van der Waals surface area contributed by atoms with E-state index in [1.165, 1.54) is 5.56 Å². The van der Waals surface area contributed by atoms with E-state index < -0.39 is 0 Å². The van der Waals surface area contributed by atoms with Crippen molar-refractivity contribution >= 4 is 27.6 Å². The second-order valence-electron chi connectivity index (χ2n) is 4.10. The van der Waals surface area contributed by atoms with Crippen molar-refractivity contribution in [2.75, 3.05) is 11.9 Å². The molecule has 1 aromatic heterocycles. The van der Waals surface area contributed by atoms with Crippen molar-refractivity contribution in [3.05, 3.63) is 33.6 Å². The zero-order valence-electron chi connectivity index (χ0n) is 10.3. The first-order valence-electron chi connectivity index (χ1n) is 5.66. The summed E-state index contributed by atoms with van der Waals surface area (Å²) in [7, 11) is 0. The van der Waals surface area contributed by atoms with Crippen LogP contribution in [-0.2, 0) is 6.42 Å². The number of hydrogen-bond donors (Lipinski definition) is 2. The Bertz CT molecular complexity index is 530. The largest absolute Gasteiger partial charge is 0.408 e. The van der Waals surface area contributed by atoms with E-state index >= 15 is 0 Å². The first-order valence-corrected chi connectivity index (χ1v) is 6.45. The standard InChI is InChI=1S/C12H15BrN4O/c1-7-5-8(2)11(9(13)6-7)15-12-17-16-10(18-12)3-4-14/h5-6H,3-4,14H2,1-2H3,(H,15,17). The van der Waals surface area contributed by atoms with Crippen LogP contribution in [0.15, 0.2) is 21.0 Å². The molecule has 0 bridgehead atoms. The van der Waals surface area contributed by atoms with Crippen LogP contribution in [0.4, 0.5) is 11.7 Å². The summed E-state index contributed by atoms with van der Waals surface area (Å²) in [6.45, 7) is 4.57. The van der Waals surface area contributed by atoms with Gasteiger partial charge in [0.15, 0.2) is 0 Å². The van der Waals surface area contributed by atoms with E-state index in [1.54, 1.807) is 0 Å². The van der Waals surface area contributed by atoms with Crippen LogP contribution in [0.3, 0.4) is 0 Å². The summed E-state index contributed by atoms with van der Waals surface area (Å²) in [5.41, 5.74) is 8.67. The van der Waals surface area contributed by atoms with Gasteiger partial charge in [-0.15, -0.1) is 5.10 Å². The van der Waals surface area contributed by atoms with Gasteiger partial charge in [-0.1, -0.05) is 11.2 Å². The molecule has 0 saturated heterocycles. The fourth-order valence-electron chi connectivity index (χ4n) is 1.71. The Morgan fingerprint density at radius 2 is 2.11 bits per heavy atom. The van der Waals surface area contributed by atoms with Crippen molar-refractivity contribution in [3.63, 3.8) is 0 Å². The Morgan fingerprint density at radius 1 is 1.33 bits per heavy atom. The molecule has 6 heteroatoms. The molecule has 0 fully saturated rings. The van der Waals surface area contributed by atoms with Crippen molar-refractivity contribution < 1.29 is 4.42 Å². The number of halogens is 1. The summed E-state index contributed by atoms with van der Waals surface area (Å²) >= 11 is 3.52. The summed E-state index contributed by atoms with van der Waals surface area (Å²) in [5.74, 6) is 0.542. The van der Waals surface area contributed by atoms with Crippen LogP contribution < -0.4 is 11.1 Å². The molecule has 0 saturated carbocycles. The summed E-state index contributed by atoms with van der Waals surface area (Å²) < 4.78 is 6.40. The lowest BCUT2D eigenvalue weighted by atomic mass is 10.1. The predicted molar refractivity (Wildman–Crippen MR) is 74.0 cm³/mol. The molecule has 0 aliphatic heterocycles. The van der Waals surface area contributed by atoms with Crippen molar-refractivity contribution in [2.45, 2.75) is 20.3 Å². The maximum absolute atomic E-state index is 5.43. The summed E-state index contributed by atoms with van der Waals surface area (Å²) in [6, 6.07) is 4.50. The molecule has 96 valence electrons. The topological polar surface area (TPSA) is 77.0 Å². The van der Waals surface area contributed by atoms with Gasteiger partial charge in [-0.3, -0.25) is 0 Å². The predicted octanol–water partition coefficient (Wildman–Crippen LogP) is 2.69. The van der Waals surface area contributed by atoms with Crippen LogP contribution in [0.5, 0.6) is 0 Å². The lowest BCUT2D eigenvalue weighted by molar-refractivity contribution is 0.509. The summed E-state index contributed by atoms with van der Waals surface area (Å²) in [6.07, 6.45) is 0.586. The van der Waals surface area contributed by atoms with Crippen molar-refractivity contribution in [3.8, 4) is 0 Å². The quantitative estimate of drug-likeness (QED) is 0.908. The molecule has 2 rings (SSSR count). The fraction of sp³-hybridized carbons (Fsp3) is 0.333. The van der Waals surface area contributed by atoms with Crippen LogP contribution in [0.1, 0.15) is 17.0 Å². The van der Waals surface area contributed by atoms with Gasteiger partial charge in [0.1, 0.15) is 0 Å². The highest BCUT2D eigenvalue weighted by Gasteiger charge is 2.10. The molecule has 0 unspecified atom stereocenters. The third kappa shape index (κ3) is 2.88. The van der Waals surface area contributed by atoms with E-state index in [4.69, 9.17) is 10.2 Å². The van der Waals surface area contributed by atoms with Gasteiger partial charge in [-0.25, -0.2) is 0 Å². The van der Waals surface area contributed by atoms with E-state index in [9.17, 15) is 0 Å². The summed E-state index contributed by atoms with van der Waals surface area (Å²) in [5, 5.41) is 11.0. The van der Waals surface area contributed by atoms with Crippen LogP contribution in [-0.4, -0.2) is 16.7 Å². The second kappa shape index (κ2) is 5.49. The highest BCUT2D eigenvalue weighted by Crippen LogP contribution is 2.30. The third-order valence-electron chi connectivity index (χ3n) is 2.49. The molecule has 2 aromatic rings. The Hall–Kier alpha value is -1.40. The molecule has 0 aliphatic carbocycles. The molecule has 3 N–H and O–H groups in total. The molecule has 18 heavy (non-hydrogen) atoms. The van der Waals surface area contributed by atoms with E-state index in [0.29, 0.717) is 24.9 Å². The lowest BCUT2D eigenvalue weighted by Crippen LogP contribution is -2.02. The SMILES string of the molecule is Cc1cc(C)c(Nc2nnc(CCN)o2)c(Br)c1. The summed E-state index contributed by atoms with van der Waals surface area (Å²) in [4.78, 5) is 0. The zero-order chi connectivity index (χ0) is 13.1. The highest BCUT2D eigenvalue weighted by molar-refractivity contribution is 9.10. The number of benzene rings is 1. The van der Waals surface area contributed by atoms with Gasteiger partial charge >= 0.3 is 6.01 Å². The Kier molecular flexibility index (Phi) is 3.98. The van der Waals surface area contributed by atoms with Crippen LogP contribution in [0.25, 0.3) is 0 Å². The number of aryl methyl sites for hydroxylation is 2. The Balaban J connectivity index is 2.22. The number of nitrogens with two attached hydrogens (primary N) is 1. The van der Waals surface area contributed by atoms with E-state index in [2.05, 4.69) is 37.5 Å². The van der Waals surface area contributed by atoms with Crippen LogP contribution >= 0.6 is 15.9 Å². The molecular formula is C12H15BrN4O. The smallest absolute Gasteiger partial charge is 0.320 e. The fourth-order valence-corrected chi connectivity index (χ4v) is 2.48. The molecule has 5 nitrogen and oxygen atoms in total. The van der Waals surface area contributed by atoms with Gasteiger partial charge in [0.2, 0.25) is 5.89 Å². The maximum atomic E-state index is 5.43. The van der Waals surface area contributed by atoms with Gasteiger partial charge in [-0.2, -0.15) is 0 Å². The third-order valence-corrected chi connectivity index (χ3v) is 3.11. The van der Waals surface area contributed by atoms with Crippen molar-refractivity contribution in [1.82, 2.24) is 10.2 Å². The molecule has 0 aliphatic rings. The normalized spacial score (nSPS) is 10.7. The van der Waals surface area contributed by atoms with Gasteiger partial charge < -0.3 is 15.5 Å². The minimum atomic E-state index is 0.381. The second-order valence-corrected chi connectivity index (χ2v) is 4.96. The van der Waals surface area contributed by atoms with E-state index in [1.807, 2.05) is 19.9 Å². The zero-order valence-corrected chi connectivity index (χ0v) is 11.9. The van der Waals surface area contributed by atoms with Gasteiger partial charge in [-0.05, 0) is 47.0 Å². The Labute approximate surface area is 114 Å². The highest BCUT2D eigenvalue weighted by atomic mass is 79.9. The average Bonchev–Trinajstić information content (AvgIpc) is 2.72. The molecule has 0 radical (unpaired) electrons. The number of nitrogens with zero attached hydrogens (tertiary/aromatic N) is 2. The molecule has 0 amide bonds. The molecule has 0 spiro atoms. The van der Waals surface area contributed by atoms with Crippen molar-refractivity contribution in [2.24, 2.45) is 5.73 Å². The molecule has 0 atom stereocenters. The number of anilines is 2. The van der Waals surface area contributed by atoms with E-state index in [0.717, 1.165) is 15.7 Å².